The Labute approximate surface area is 116 Å². The SMILES string of the molecule is Fc1ccc(-c2cccc(CBr)c2)c(C(F)(F)F)c1. The second-order valence-electron chi connectivity index (χ2n) is 4.02. The molecule has 0 bridgehead atoms. The first-order valence-corrected chi connectivity index (χ1v) is 6.56. The minimum atomic E-state index is -4.58. The van der Waals surface area contributed by atoms with E-state index in [-0.39, 0.29) is 5.56 Å². The predicted octanol–water partition coefficient (Wildman–Crippen LogP) is 5.41. The zero-order valence-electron chi connectivity index (χ0n) is 9.64. The molecule has 2 rings (SSSR count). The van der Waals surface area contributed by atoms with E-state index in [4.69, 9.17) is 0 Å². The summed E-state index contributed by atoms with van der Waals surface area (Å²) in [6, 6.07) is 9.42. The highest BCUT2D eigenvalue weighted by atomic mass is 79.9. The van der Waals surface area contributed by atoms with E-state index in [9.17, 15) is 17.6 Å². The van der Waals surface area contributed by atoms with Gasteiger partial charge in [-0.1, -0.05) is 46.3 Å². The molecule has 19 heavy (non-hydrogen) atoms. The Kier molecular flexibility index (Phi) is 3.94. The average molecular weight is 333 g/mol. The molecule has 0 aromatic heterocycles. The molecular formula is C14H9BrF4. The minimum absolute atomic E-state index is 0.0169. The van der Waals surface area contributed by atoms with Crippen molar-refractivity contribution in [1.29, 1.82) is 0 Å². The number of hydrogen-bond donors (Lipinski definition) is 0. The van der Waals surface area contributed by atoms with E-state index < -0.39 is 17.6 Å². The average Bonchev–Trinajstić information content (AvgIpc) is 2.37. The summed E-state index contributed by atoms with van der Waals surface area (Å²) in [4.78, 5) is 0. The van der Waals surface area contributed by atoms with Crippen LogP contribution in [-0.2, 0) is 11.5 Å². The molecule has 2 aromatic carbocycles. The van der Waals surface area contributed by atoms with Crippen molar-refractivity contribution in [2.75, 3.05) is 0 Å². The zero-order valence-corrected chi connectivity index (χ0v) is 11.2. The molecule has 0 amide bonds. The predicted molar refractivity (Wildman–Crippen MR) is 69.5 cm³/mol. The Hall–Kier alpha value is -1.36. The molecule has 0 N–H and O–H groups in total. The lowest BCUT2D eigenvalue weighted by Gasteiger charge is -2.13. The summed E-state index contributed by atoms with van der Waals surface area (Å²) >= 11 is 3.25. The first-order valence-electron chi connectivity index (χ1n) is 5.44. The maximum Gasteiger partial charge on any atom is 0.417 e. The third-order valence-electron chi connectivity index (χ3n) is 2.68. The normalized spacial score (nSPS) is 11.6. The van der Waals surface area contributed by atoms with Gasteiger partial charge in [-0.05, 0) is 28.8 Å². The van der Waals surface area contributed by atoms with Gasteiger partial charge in [0.05, 0.1) is 5.56 Å². The molecule has 0 saturated heterocycles. The highest BCUT2D eigenvalue weighted by molar-refractivity contribution is 9.08. The highest BCUT2D eigenvalue weighted by Gasteiger charge is 2.34. The second kappa shape index (κ2) is 5.33. The molecule has 2 aromatic rings. The summed E-state index contributed by atoms with van der Waals surface area (Å²) < 4.78 is 51.8. The van der Waals surface area contributed by atoms with Crippen LogP contribution >= 0.6 is 15.9 Å². The maximum atomic E-state index is 13.0. The second-order valence-corrected chi connectivity index (χ2v) is 4.58. The standard InChI is InChI=1S/C14H9BrF4/c15-8-9-2-1-3-10(6-9)12-5-4-11(16)7-13(12)14(17,18)19/h1-7H,8H2. The van der Waals surface area contributed by atoms with Crippen LogP contribution in [0.5, 0.6) is 0 Å². The first-order chi connectivity index (χ1) is 8.91. The largest absolute Gasteiger partial charge is 0.417 e. The van der Waals surface area contributed by atoms with Crippen molar-refractivity contribution < 1.29 is 17.6 Å². The fourth-order valence-electron chi connectivity index (χ4n) is 1.82. The third kappa shape index (κ3) is 3.15. The van der Waals surface area contributed by atoms with Crippen LogP contribution in [0, 0.1) is 5.82 Å². The zero-order chi connectivity index (χ0) is 14.0. The van der Waals surface area contributed by atoms with E-state index >= 15 is 0 Å². The minimum Gasteiger partial charge on any atom is -0.207 e. The lowest BCUT2D eigenvalue weighted by Crippen LogP contribution is -2.07. The smallest absolute Gasteiger partial charge is 0.207 e. The summed E-state index contributed by atoms with van der Waals surface area (Å²) in [7, 11) is 0. The van der Waals surface area contributed by atoms with Gasteiger partial charge < -0.3 is 0 Å². The molecule has 0 atom stereocenters. The van der Waals surface area contributed by atoms with E-state index in [1.54, 1.807) is 24.3 Å². The molecule has 0 nitrogen and oxygen atoms in total. The highest BCUT2D eigenvalue weighted by Crippen LogP contribution is 2.37. The molecule has 0 aliphatic carbocycles. The van der Waals surface area contributed by atoms with Gasteiger partial charge in [-0.2, -0.15) is 13.2 Å². The van der Waals surface area contributed by atoms with Crippen molar-refractivity contribution in [3.63, 3.8) is 0 Å². The van der Waals surface area contributed by atoms with Gasteiger partial charge in [-0.25, -0.2) is 4.39 Å². The number of alkyl halides is 4. The molecular weight excluding hydrogens is 324 g/mol. The van der Waals surface area contributed by atoms with Crippen molar-refractivity contribution in [2.45, 2.75) is 11.5 Å². The summed E-state index contributed by atoms with van der Waals surface area (Å²) in [6.07, 6.45) is -4.58. The lowest BCUT2D eigenvalue weighted by atomic mass is 9.98. The monoisotopic (exact) mass is 332 g/mol. The van der Waals surface area contributed by atoms with Crippen molar-refractivity contribution >= 4 is 15.9 Å². The van der Waals surface area contributed by atoms with E-state index in [1.165, 1.54) is 0 Å². The lowest BCUT2D eigenvalue weighted by molar-refractivity contribution is -0.137. The summed E-state index contributed by atoms with van der Waals surface area (Å²) in [5.74, 6) is -0.896. The van der Waals surface area contributed by atoms with Gasteiger partial charge in [0.15, 0.2) is 0 Å². The van der Waals surface area contributed by atoms with Gasteiger partial charge in [0.25, 0.3) is 0 Å². The molecule has 5 heteroatoms. The van der Waals surface area contributed by atoms with Crippen LogP contribution in [0.15, 0.2) is 42.5 Å². The third-order valence-corrected chi connectivity index (χ3v) is 3.33. The van der Waals surface area contributed by atoms with Crippen LogP contribution in [0.4, 0.5) is 17.6 Å². The van der Waals surface area contributed by atoms with Gasteiger partial charge in [0.2, 0.25) is 0 Å². The number of hydrogen-bond acceptors (Lipinski definition) is 0. The van der Waals surface area contributed by atoms with Gasteiger partial charge in [-0.3, -0.25) is 0 Å². The number of rotatable bonds is 2. The quantitative estimate of drug-likeness (QED) is 0.509. The molecule has 0 radical (unpaired) electrons. The van der Waals surface area contributed by atoms with Crippen LogP contribution in [0.3, 0.4) is 0 Å². The van der Waals surface area contributed by atoms with E-state index in [0.717, 1.165) is 17.7 Å². The Morgan fingerprint density at radius 2 is 1.74 bits per heavy atom. The first kappa shape index (κ1) is 14.1. The molecule has 0 unspecified atom stereocenters. The summed E-state index contributed by atoms with van der Waals surface area (Å²) in [5, 5.41) is 0.545. The number of benzene rings is 2. The molecule has 0 spiro atoms. The van der Waals surface area contributed by atoms with E-state index in [1.807, 2.05) is 0 Å². The Balaban J connectivity index is 2.61. The molecule has 0 aliphatic heterocycles. The van der Waals surface area contributed by atoms with Crippen LogP contribution in [-0.4, -0.2) is 0 Å². The summed E-state index contributed by atoms with van der Waals surface area (Å²) in [5.41, 5.74) is 0.301. The molecule has 0 fully saturated rings. The van der Waals surface area contributed by atoms with Crippen LogP contribution < -0.4 is 0 Å². The Morgan fingerprint density at radius 3 is 2.37 bits per heavy atom. The topological polar surface area (TPSA) is 0 Å². The molecule has 0 saturated carbocycles. The van der Waals surface area contributed by atoms with Crippen molar-refractivity contribution in [2.24, 2.45) is 0 Å². The van der Waals surface area contributed by atoms with E-state index in [2.05, 4.69) is 15.9 Å². The van der Waals surface area contributed by atoms with Crippen molar-refractivity contribution in [1.82, 2.24) is 0 Å². The van der Waals surface area contributed by atoms with Gasteiger partial charge in [-0.15, -0.1) is 0 Å². The van der Waals surface area contributed by atoms with Crippen LogP contribution in [0.1, 0.15) is 11.1 Å². The summed E-state index contributed by atoms with van der Waals surface area (Å²) in [6.45, 7) is 0. The fourth-order valence-corrected chi connectivity index (χ4v) is 2.17. The van der Waals surface area contributed by atoms with Gasteiger partial charge in [0.1, 0.15) is 5.82 Å². The van der Waals surface area contributed by atoms with Gasteiger partial charge in [0, 0.05) is 5.33 Å². The molecule has 0 heterocycles. The number of halogens is 5. The Bertz CT molecular complexity index is 590. The molecule has 0 aliphatic rings. The van der Waals surface area contributed by atoms with Gasteiger partial charge >= 0.3 is 6.18 Å². The van der Waals surface area contributed by atoms with Crippen LogP contribution in [0.2, 0.25) is 0 Å². The molecule has 100 valence electrons. The van der Waals surface area contributed by atoms with Crippen LogP contribution in [0.25, 0.3) is 11.1 Å². The maximum absolute atomic E-state index is 13.0. The van der Waals surface area contributed by atoms with E-state index in [0.29, 0.717) is 17.0 Å². The van der Waals surface area contributed by atoms with Crippen molar-refractivity contribution in [3.05, 3.63) is 59.4 Å². The fraction of sp³-hybridized carbons (Fsp3) is 0.143. The van der Waals surface area contributed by atoms with Crippen molar-refractivity contribution in [3.8, 4) is 11.1 Å². The Morgan fingerprint density at radius 1 is 1.00 bits per heavy atom.